The maximum absolute atomic E-state index is 13.4. The number of halogens is 1. The van der Waals surface area contributed by atoms with Crippen LogP contribution in [0.3, 0.4) is 0 Å². The van der Waals surface area contributed by atoms with Crippen molar-refractivity contribution >= 4 is 0 Å². The van der Waals surface area contributed by atoms with Crippen molar-refractivity contribution < 1.29 is 9.13 Å². The molecule has 126 valence electrons. The molecule has 0 bridgehead atoms. The minimum atomic E-state index is -0.152. The molecule has 0 amide bonds. The van der Waals surface area contributed by atoms with E-state index in [9.17, 15) is 4.39 Å². The van der Waals surface area contributed by atoms with Crippen LogP contribution in [0, 0.1) is 5.82 Å². The van der Waals surface area contributed by atoms with Crippen LogP contribution in [0.5, 0.6) is 0 Å². The zero-order chi connectivity index (χ0) is 16.4. The maximum Gasteiger partial charge on any atom is 0.123 e. The van der Waals surface area contributed by atoms with E-state index in [1.165, 1.54) is 11.6 Å². The number of nitrogens with zero attached hydrogens (tertiary/aromatic N) is 1. The van der Waals surface area contributed by atoms with Gasteiger partial charge in [-0.1, -0.05) is 42.5 Å². The molecule has 0 saturated carbocycles. The molecular formula is C21H24FNO. The van der Waals surface area contributed by atoms with Gasteiger partial charge in [0.05, 0.1) is 12.2 Å². The van der Waals surface area contributed by atoms with E-state index in [4.69, 9.17) is 4.74 Å². The Morgan fingerprint density at radius 2 is 2.00 bits per heavy atom. The molecule has 2 aromatic rings. The fourth-order valence-electron chi connectivity index (χ4n) is 4.29. The van der Waals surface area contributed by atoms with Crippen molar-refractivity contribution in [1.82, 2.24) is 4.90 Å². The van der Waals surface area contributed by atoms with Crippen molar-refractivity contribution in [1.29, 1.82) is 0 Å². The first-order valence-electron chi connectivity index (χ1n) is 8.88. The van der Waals surface area contributed by atoms with Gasteiger partial charge in [-0.05, 0) is 49.1 Å². The molecule has 2 aliphatic heterocycles. The second kappa shape index (κ2) is 6.66. The smallest absolute Gasteiger partial charge is 0.123 e. The molecule has 4 rings (SSSR count). The number of rotatable bonds is 3. The molecule has 24 heavy (non-hydrogen) atoms. The van der Waals surface area contributed by atoms with Gasteiger partial charge in [0.1, 0.15) is 5.82 Å². The molecule has 2 saturated heterocycles. The van der Waals surface area contributed by atoms with Crippen LogP contribution in [0.1, 0.15) is 36.3 Å². The highest BCUT2D eigenvalue weighted by Gasteiger charge is 2.43. The number of hydrogen-bond donors (Lipinski definition) is 0. The summed E-state index contributed by atoms with van der Waals surface area (Å²) in [6.07, 6.45) is 3.38. The summed E-state index contributed by atoms with van der Waals surface area (Å²) in [5, 5.41) is 0. The third-order valence-electron chi connectivity index (χ3n) is 5.39. The standard InChI is InChI=1S/C21H24FNO/c22-20-9-4-6-17(12-20)14-23-11-5-10-21(16-23)13-19(15-24-21)18-7-2-1-3-8-18/h1-4,6-9,12,19H,5,10-11,13-16H2/t19-,21+/m0/s1. The number of piperidine rings is 1. The summed E-state index contributed by atoms with van der Waals surface area (Å²) < 4.78 is 19.7. The molecule has 0 N–H and O–H groups in total. The van der Waals surface area contributed by atoms with Crippen LogP contribution in [0.15, 0.2) is 54.6 Å². The first-order chi connectivity index (χ1) is 11.7. The predicted molar refractivity (Wildman–Crippen MR) is 93.4 cm³/mol. The average molecular weight is 325 g/mol. The second-order valence-corrected chi connectivity index (χ2v) is 7.25. The highest BCUT2D eigenvalue weighted by Crippen LogP contribution is 2.41. The molecule has 0 unspecified atom stereocenters. The monoisotopic (exact) mass is 325 g/mol. The molecule has 1 spiro atoms. The van der Waals surface area contributed by atoms with Crippen molar-refractivity contribution in [2.75, 3.05) is 19.7 Å². The zero-order valence-electron chi connectivity index (χ0n) is 14.0. The molecule has 3 heteroatoms. The van der Waals surface area contributed by atoms with Crippen LogP contribution in [0.2, 0.25) is 0 Å². The van der Waals surface area contributed by atoms with Crippen LogP contribution in [-0.2, 0) is 11.3 Å². The van der Waals surface area contributed by atoms with Crippen molar-refractivity contribution in [3.63, 3.8) is 0 Å². The van der Waals surface area contributed by atoms with E-state index in [0.717, 1.165) is 51.1 Å². The van der Waals surface area contributed by atoms with Crippen LogP contribution >= 0.6 is 0 Å². The third kappa shape index (κ3) is 3.38. The van der Waals surface area contributed by atoms with E-state index < -0.39 is 0 Å². The van der Waals surface area contributed by atoms with Crippen LogP contribution in [-0.4, -0.2) is 30.2 Å². The Hall–Kier alpha value is -1.71. The molecular weight excluding hydrogens is 301 g/mol. The quantitative estimate of drug-likeness (QED) is 0.831. The Morgan fingerprint density at radius 3 is 2.83 bits per heavy atom. The topological polar surface area (TPSA) is 12.5 Å². The van der Waals surface area contributed by atoms with E-state index in [-0.39, 0.29) is 11.4 Å². The van der Waals surface area contributed by atoms with Gasteiger partial charge in [-0.2, -0.15) is 0 Å². The lowest BCUT2D eigenvalue weighted by Crippen LogP contribution is -2.47. The van der Waals surface area contributed by atoms with Gasteiger partial charge in [-0.25, -0.2) is 4.39 Å². The summed E-state index contributed by atoms with van der Waals surface area (Å²) in [6.45, 7) is 3.64. The molecule has 0 aromatic heterocycles. The highest BCUT2D eigenvalue weighted by atomic mass is 19.1. The van der Waals surface area contributed by atoms with Gasteiger partial charge in [-0.15, -0.1) is 0 Å². The van der Waals surface area contributed by atoms with E-state index in [1.807, 2.05) is 6.07 Å². The Balaban J connectivity index is 1.43. The van der Waals surface area contributed by atoms with Gasteiger partial charge >= 0.3 is 0 Å². The normalized spacial score (nSPS) is 27.6. The second-order valence-electron chi connectivity index (χ2n) is 7.25. The SMILES string of the molecule is Fc1cccc(CN2CCC[C@@]3(C[C@H](c4ccccc4)CO3)C2)c1. The molecule has 2 heterocycles. The van der Waals surface area contributed by atoms with Crippen molar-refractivity contribution in [2.24, 2.45) is 0 Å². The number of hydrogen-bond acceptors (Lipinski definition) is 2. The summed E-state index contributed by atoms with van der Waals surface area (Å²) >= 11 is 0. The van der Waals surface area contributed by atoms with Crippen LogP contribution < -0.4 is 0 Å². The Labute approximate surface area is 143 Å². The Bertz CT molecular complexity index is 689. The lowest BCUT2D eigenvalue weighted by atomic mass is 9.84. The van der Waals surface area contributed by atoms with Gasteiger partial charge in [0.25, 0.3) is 0 Å². The van der Waals surface area contributed by atoms with E-state index >= 15 is 0 Å². The minimum absolute atomic E-state index is 0.0217. The first-order valence-corrected chi connectivity index (χ1v) is 8.88. The number of benzene rings is 2. The predicted octanol–water partition coefficient (Wildman–Crippen LogP) is 4.36. The highest BCUT2D eigenvalue weighted by molar-refractivity contribution is 5.22. The molecule has 0 radical (unpaired) electrons. The zero-order valence-corrected chi connectivity index (χ0v) is 14.0. The molecule has 0 aliphatic carbocycles. The lowest BCUT2D eigenvalue weighted by Gasteiger charge is -2.40. The molecule has 2 atom stereocenters. The Morgan fingerprint density at radius 1 is 1.12 bits per heavy atom. The maximum atomic E-state index is 13.4. The van der Waals surface area contributed by atoms with Gasteiger partial charge < -0.3 is 4.74 Å². The van der Waals surface area contributed by atoms with E-state index in [0.29, 0.717) is 5.92 Å². The summed E-state index contributed by atoms with van der Waals surface area (Å²) in [7, 11) is 0. The Kier molecular flexibility index (Phi) is 4.38. The average Bonchev–Trinajstić information content (AvgIpc) is 2.99. The van der Waals surface area contributed by atoms with Crippen LogP contribution in [0.4, 0.5) is 4.39 Å². The number of likely N-dealkylation sites (tertiary alicyclic amines) is 1. The summed E-state index contributed by atoms with van der Waals surface area (Å²) in [5.41, 5.74) is 2.41. The van der Waals surface area contributed by atoms with Crippen molar-refractivity contribution in [3.8, 4) is 0 Å². The van der Waals surface area contributed by atoms with Gasteiger partial charge in [0, 0.05) is 19.0 Å². The summed E-state index contributed by atoms with van der Waals surface area (Å²) in [4.78, 5) is 2.42. The summed E-state index contributed by atoms with van der Waals surface area (Å²) in [5.74, 6) is 0.348. The lowest BCUT2D eigenvalue weighted by molar-refractivity contribution is -0.0533. The summed E-state index contributed by atoms with van der Waals surface area (Å²) in [6, 6.07) is 17.6. The minimum Gasteiger partial charge on any atom is -0.373 e. The molecule has 2 nitrogen and oxygen atoms in total. The van der Waals surface area contributed by atoms with E-state index in [1.54, 1.807) is 12.1 Å². The largest absolute Gasteiger partial charge is 0.373 e. The first kappa shape index (κ1) is 15.8. The molecule has 2 aliphatic rings. The van der Waals surface area contributed by atoms with Gasteiger partial charge in [0.2, 0.25) is 0 Å². The molecule has 2 aromatic carbocycles. The fraction of sp³-hybridized carbons (Fsp3) is 0.429. The third-order valence-corrected chi connectivity index (χ3v) is 5.39. The fourth-order valence-corrected chi connectivity index (χ4v) is 4.29. The molecule has 2 fully saturated rings. The van der Waals surface area contributed by atoms with E-state index in [2.05, 4.69) is 35.2 Å². The van der Waals surface area contributed by atoms with Gasteiger partial charge in [0.15, 0.2) is 0 Å². The number of ether oxygens (including phenoxy) is 1. The van der Waals surface area contributed by atoms with Crippen LogP contribution in [0.25, 0.3) is 0 Å². The van der Waals surface area contributed by atoms with Crippen molar-refractivity contribution in [2.45, 2.75) is 37.3 Å². The van der Waals surface area contributed by atoms with Gasteiger partial charge in [-0.3, -0.25) is 4.90 Å². The van der Waals surface area contributed by atoms with Crippen molar-refractivity contribution in [3.05, 3.63) is 71.5 Å².